The number of carboxylic acid groups (broad SMARTS) is 1. The molecule has 0 bridgehead atoms. The van der Waals surface area contributed by atoms with Crippen molar-refractivity contribution in [1.29, 1.82) is 0 Å². The summed E-state index contributed by atoms with van der Waals surface area (Å²) < 4.78 is 37.9. The van der Waals surface area contributed by atoms with Gasteiger partial charge in [0.15, 0.2) is 0 Å². The van der Waals surface area contributed by atoms with Crippen LogP contribution in [0.3, 0.4) is 0 Å². The Kier molecular flexibility index (Phi) is 4.68. The van der Waals surface area contributed by atoms with E-state index >= 15 is 0 Å². The number of nitrogens with one attached hydrogen (secondary N) is 1. The fourth-order valence-corrected chi connectivity index (χ4v) is 2.14. The average molecular weight is 322 g/mol. The first-order chi connectivity index (χ1) is 10.8. The van der Waals surface area contributed by atoms with Gasteiger partial charge in [-0.1, -0.05) is 30.9 Å². The van der Waals surface area contributed by atoms with Gasteiger partial charge in [0.1, 0.15) is 6.04 Å². The van der Waals surface area contributed by atoms with Crippen LogP contribution >= 0.6 is 0 Å². The monoisotopic (exact) mass is 322 g/mol. The number of pyridine rings is 1. The number of nitrogens with zero attached hydrogens (tertiary/aromatic N) is 1. The molecule has 0 radical (unpaired) electrons. The Bertz CT molecular complexity index is 712. The van der Waals surface area contributed by atoms with Gasteiger partial charge in [-0.25, -0.2) is 4.79 Å². The molecular formula is C16H13F3N2O2. The lowest BCUT2D eigenvalue weighted by atomic mass is 9.98. The number of hydrogen-bond acceptors (Lipinski definition) is 2. The quantitative estimate of drug-likeness (QED) is 0.891. The highest BCUT2D eigenvalue weighted by Crippen LogP contribution is 2.31. The zero-order valence-electron chi connectivity index (χ0n) is 11.8. The number of rotatable bonds is 4. The Labute approximate surface area is 130 Å². The standard InChI is InChI=1S/C16H13F3N2O2/c1-2-10-4-3-9-20-13(10)14(21-15(22)23)11-5-7-12(8-6-11)16(17,18)19/h2-9,14,21H,1H2,(H,22,23). The number of halogens is 3. The Balaban J connectivity index is 2.47. The molecule has 0 aliphatic heterocycles. The van der Waals surface area contributed by atoms with Gasteiger partial charge in [0.25, 0.3) is 0 Å². The molecule has 0 aliphatic carbocycles. The highest BCUT2D eigenvalue weighted by atomic mass is 19.4. The predicted octanol–water partition coefficient (Wildman–Crippen LogP) is 4.10. The van der Waals surface area contributed by atoms with E-state index in [2.05, 4.69) is 16.9 Å². The van der Waals surface area contributed by atoms with Crippen LogP contribution in [0.1, 0.15) is 28.4 Å². The van der Waals surface area contributed by atoms with Crippen LogP contribution in [0.2, 0.25) is 0 Å². The number of carbonyl (C=O) groups is 1. The minimum absolute atomic E-state index is 0.349. The fraction of sp³-hybridized carbons (Fsp3) is 0.125. The summed E-state index contributed by atoms with van der Waals surface area (Å²) in [6.45, 7) is 3.63. The molecule has 2 rings (SSSR count). The molecular weight excluding hydrogens is 309 g/mol. The molecule has 1 unspecified atom stereocenters. The van der Waals surface area contributed by atoms with E-state index in [0.717, 1.165) is 12.1 Å². The summed E-state index contributed by atoms with van der Waals surface area (Å²) >= 11 is 0. The lowest BCUT2D eigenvalue weighted by Gasteiger charge is -2.19. The second-order valence-corrected chi connectivity index (χ2v) is 4.68. The molecule has 2 N–H and O–H groups in total. The van der Waals surface area contributed by atoms with Crippen LogP contribution < -0.4 is 5.32 Å². The number of aromatic nitrogens is 1. The molecule has 0 spiro atoms. The van der Waals surface area contributed by atoms with Crippen molar-refractivity contribution in [2.24, 2.45) is 0 Å². The number of amides is 1. The third-order valence-corrected chi connectivity index (χ3v) is 3.20. The lowest BCUT2D eigenvalue weighted by Crippen LogP contribution is -2.29. The van der Waals surface area contributed by atoms with Crippen molar-refractivity contribution in [2.75, 3.05) is 0 Å². The second kappa shape index (κ2) is 6.51. The molecule has 0 saturated heterocycles. The van der Waals surface area contributed by atoms with Crippen LogP contribution in [0.25, 0.3) is 6.08 Å². The summed E-state index contributed by atoms with van der Waals surface area (Å²) in [5.41, 5.74) is 0.498. The maximum atomic E-state index is 12.6. The molecule has 0 fully saturated rings. The number of hydrogen-bond donors (Lipinski definition) is 2. The maximum Gasteiger partial charge on any atom is 0.416 e. The van der Waals surface area contributed by atoms with Crippen molar-refractivity contribution in [3.63, 3.8) is 0 Å². The Morgan fingerprint density at radius 1 is 1.26 bits per heavy atom. The fourth-order valence-electron chi connectivity index (χ4n) is 2.14. The van der Waals surface area contributed by atoms with E-state index in [1.807, 2.05) is 0 Å². The molecule has 23 heavy (non-hydrogen) atoms. The topological polar surface area (TPSA) is 62.2 Å². The summed E-state index contributed by atoms with van der Waals surface area (Å²) in [4.78, 5) is 15.2. The highest BCUT2D eigenvalue weighted by Gasteiger charge is 2.30. The van der Waals surface area contributed by atoms with Crippen LogP contribution in [0, 0.1) is 0 Å². The van der Waals surface area contributed by atoms with Crippen molar-refractivity contribution < 1.29 is 23.1 Å². The van der Waals surface area contributed by atoms with E-state index in [-0.39, 0.29) is 0 Å². The van der Waals surface area contributed by atoms with Crippen LogP contribution in [0.15, 0.2) is 49.2 Å². The molecule has 2 aromatic rings. The first kappa shape index (κ1) is 16.5. The third kappa shape index (κ3) is 3.88. The van der Waals surface area contributed by atoms with Crippen LogP contribution in [0.5, 0.6) is 0 Å². The highest BCUT2D eigenvalue weighted by molar-refractivity contribution is 5.67. The third-order valence-electron chi connectivity index (χ3n) is 3.20. The van der Waals surface area contributed by atoms with Crippen molar-refractivity contribution in [2.45, 2.75) is 12.2 Å². The van der Waals surface area contributed by atoms with Gasteiger partial charge in [-0.2, -0.15) is 13.2 Å². The van der Waals surface area contributed by atoms with Gasteiger partial charge in [-0.15, -0.1) is 0 Å². The van der Waals surface area contributed by atoms with E-state index in [9.17, 15) is 18.0 Å². The molecule has 1 atom stereocenters. The van der Waals surface area contributed by atoms with Crippen molar-refractivity contribution in [1.82, 2.24) is 10.3 Å². The van der Waals surface area contributed by atoms with E-state index in [1.165, 1.54) is 24.4 Å². The Morgan fingerprint density at radius 3 is 2.43 bits per heavy atom. The summed E-state index contributed by atoms with van der Waals surface area (Å²) in [5.74, 6) is 0. The molecule has 0 saturated carbocycles. The first-order valence-electron chi connectivity index (χ1n) is 6.57. The SMILES string of the molecule is C=Cc1cccnc1C(NC(=O)O)c1ccc(C(F)(F)F)cc1. The van der Waals surface area contributed by atoms with E-state index in [1.54, 1.807) is 12.1 Å². The summed E-state index contributed by atoms with van der Waals surface area (Å²) in [5, 5.41) is 11.3. The molecule has 4 nitrogen and oxygen atoms in total. The minimum atomic E-state index is -4.45. The van der Waals surface area contributed by atoms with Gasteiger partial charge in [0, 0.05) is 6.20 Å². The molecule has 1 aromatic heterocycles. The Morgan fingerprint density at radius 2 is 1.91 bits per heavy atom. The van der Waals surface area contributed by atoms with Crippen molar-refractivity contribution in [3.8, 4) is 0 Å². The zero-order valence-corrected chi connectivity index (χ0v) is 11.8. The van der Waals surface area contributed by atoms with E-state index in [0.29, 0.717) is 16.8 Å². The number of alkyl halides is 3. The van der Waals surface area contributed by atoms with E-state index < -0.39 is 23.9 Å². The van der Waals surface area contributed by atoms with Gasteiger partial charge in [-0.05, 0) is 29.3 Å². The lowest BCUT2D eigenvalue weighted by molar-refractivity contribution is -0.137. The predicted molar refractivity (Wildman–Crippen MR) is 78.8 cm³/mol. The summed E-state index contributed by atoms with van der Waals surface area (Å²) in [6, 6.07) is 6.71. The van der Waals surface area contributed by atoms with Gasteiger partial charge in [0.05, 0.1) is 11.3 Å². The van der Waals surface area contributed by atoms with Crippen LogP contribution in [-0.4, -0.2) is 16.2 Å². The molecule has 7 heteroatoms. The summed E-state index contributed by atoms with van der Waals surface area (Å²) in [6.07, 6.45) is -2.78. The van der Waals surface area contributed by atoms with Crippen LogP contribution in [-0.2, 0) is 6.18 Å². The average Bonchev–Trinajstić information content (AvgIpc) is 2.52. The normalized spacial score (nSPS) is 12.5. The first-order valence-corrected chi connectivity index (χ1v) is 6.57. The van der Waals surface area contributed by atoms with Crippen molar-refractivity contribution >= 4 is 12.2 Å². The van der Waals surface area contributed by atoms with Crippen molar-refractivity contribution in [3.05, 3.63) is 71.6 Å². The summed E-state index contributed by atoms with van der Waals surface area (Å²) in [7, 11) is 0. The van der Waals surface area contributed by atoms with Gasteiger partial charge < -0.3 is 10.4 Å². The number of benzene rings is 1. The molecule has 0 aliphatic rings. The molecule has 1 heterocycles. The molecule has 1 aromatic carbocycles. The van der Waals surface area contributed by atoms with Gasteiger partial charge in [0.2, 0.25) is 0 Å². The van der Waals surface area contributed by atoms with Crippen LogP contribution in [0.4, 0.5) is 18.0 Å². The maximum absolute atomic E-state index is 12.6. The molecule has 1 amide bonds. The van der Waals surface area contributed by atoms with Gasteiger partial charge in [-0.3, -0.25) is 4.98 Å². The zero-order chi connectivity index (χ0) is 17.0. The smallest absolute Gasteiger partial charge is 0.416 e. The minimum Gasteiger partial charge on any atom is -0.465 e. The Hall–Kier alpha value is -2.83. The largest absolute Gasteiger partial charge is 0.465 e. The van der Waals surface area contributed by atoms with E-state index in [4.69, 9.17) is 5.11 Å². The second-order valence-electron chi connectivity index (χ2n) is 4.68. The van der Waals surface area contributed by atoms with Gasteiger partial charge >= 0.3 is 12.3 Å². The molecule has 120 valence electrons.